The Kier molecular flexibility index (Phi) is 2.19. The molecule has 2 atom stereocenters. The molecule has 2 rings (SSSR count). The lowest BCUT2D eigenvalue weighted by atomic mass is 10.2. The molecule has 0 amide bonds. The third-order valence-electron chi connectivity index (χ3n) is 2.35. The van der Waals surface area contributed by atoms with E-state index in [2.05, 4.69) is 21.0 Å². The van der Waals surface area contributed by atoms with Gasteiger partial charge in [0.05, 0.1) is 22.8 Å². The normalized spacial score (nSPS) is 29.5. The lowest BCUT2D eigenvalue weighted by Gasteiger charge is -2.14. The van der Waals surface area contributed by atoms with E-state index < -0.39 is 0 Å². The average Bonchev–Trinajstić information content (AvgIpc) is 2.58. The van der Waals surface area contributed by atoms with Gasteiger partial charge in [0.15, 0.2) is 0 Å². The number of aliphatic hydroxyl groups excluding tert-OH is 1. The van der Waals surface area contributed by atoms with E-state index >= 15 is 0 Å². The summed E-state index contributed by atoms with van der Waals surface area (Å²) in [5.41, 5.74) is 0. The molecule has 1 saturated carbocycles. The summed E-state index contributed by atoms with van der Waals surface area (Å²) in [6.45, 7) is 0. The number of aliphatic hydroxyl groups is 1. The molecule has 0 saturated heterocycles. The molecule has 0 spiro atoms. The molecule has 0 bridgehead atoms. The van der Waals surface area contributed by atoms with Crippen LogP contribution in [0.15, 0.2) is 16.9 Å². The van der Waals surface area contributed by atoms with Gasteiger partial charge in [0, 0.05) is 6.20 Å². The van der Waals surface area contributed by atoms with Crippen LogP contribution >= 0.6 is 15.9 Å². The van der Waals surface area contributed by atoms with Crippen LogP contribution in [0, 0.1) is 0 Å². The summed E-state index contributed by atoms with van der Waals surface area (Å²) in [7, 11) is 0. The number of aromatic nitrogens is 2. The Hall–Kier alpha value is -0.350. The topological polar surface area (TPSA) is 38.0 Å². The molecule has 12 heavy (non-hydrogen) atoms. The van der Waals surface area contributed by atoms with Gasteiger partial charge >= 0.3 is 0 Å². The number of halogens is 1. The second-order valence-corrected chi connectivity index (χ2v) is 4.12. The summed E-state index contributed by atoms with van der Waals surface area (Å²) in [6, 6.07) is 0.191. The summed E-state index contributed by atoms with van der Waals surface area (Å²) in [6.07, 6.45) is 6.50. The van der Waals surface area contributed by atoms with Crippen molar-refractivity contribution in [1.82, 2.24) is 9.78 Å². The van der Waals surface area contributed by atoms with E-state index in [0.717, 1.165) is 23.7 Å². The first-order valence-corrected chi connectivity index (χ1v) is 4.94. The van der Waals surface area contributed by atoms with Crippen LogP contribution < -0.4 is 0 Å². The van der Waals surface area contributed by atoms with Crippen molar-refractivity contribution in [1.29, 1.82) is 0 Å². The Morgan fingerprint density at radius 1 is 1.58 bits per heavy atom. The molecule has 66 valence electrons. The van der Waals surface area contributed by atoms with E-state index in [9.17, 15) is 5.11 Å². The van der Waals surface area contributed by atoms with Crippen LogP contribution in [0.4, 0.5) is 0 Å². The molecule has 1 fully saturated rings. The Balaban J connectivity index is 2.19. The number of rotatable bonds is 1. The van der Waals surface area contributed by atoms with Gasteiger partial charge in [-0.05, 0) is 35.2 Å². The molecule has 0 aliphatic heterocycles. The summed E-state index contributed by atoms with van der Waals surface area (Å²) < 4.78 is 2.82. The van der Waals surface area contributed by atoms with Gasteiger partial charge in [-0.25, -0.2) is 0 Å². The SMILES string of the molecule is OC1CCCC1n1cc(Br)cn1. The highest BCUT2D eigenvalue weighted by atomic mass is 79.9. The van der Waals surface area contributed by atoms with E-state index in [0.29, 0.717) is 0 Å². The maximum atomic E-state index is 9.58. The van der Waals surface area contributed by atoms with Crippen molar-refractivity contribution < 1.29 is 5.11 Å². The molecule has 1 aliphatic rings. The van der Waals surface area contributed by atoms with E-state index in [-0.39, 0.29) is 12.1 Å². The van der Waals surface area contributed by atoms with Gasteiger partial charge in [-0.2, -0.15) is 5.10 Å². The minimum absolute atomic E-state index is 0.191. The Labute approximate surface area is 79.5 Å². The third kappa shape index (κ3) is 1.41. The van der Waals surface area contributed by atoms with Crippen molar-refractivity contribution in [3.63, 3.8) is 0 Å². The van der Waals surface area contributed by atoms with Gasteiger partial charge in [0.1, 0.15) is 0 Å². The van der Waals surface area contributed by atoms with Crippen molar-refractivity contribution >= 4 is 15.9 Å². The molecule has 3 nitrogen and oxygen atoms in total. The minimum Gasteiger partial charge on any atom is -0.391 e. The monoisotopic (exact) mass is 230 g/mol. The number of hydrogen-bond donors (Lipinski definition) is 1. The highest BCUT2D eigenvalue weighted by Gasteiger charge is 2.26. The predicted molar refractivity (Wildman–Crippen MR) is 48.8 cm³/mol. The van der Waals surface area contributed by atoms with Crippen molar-refractivity contribution in [2.24, 2.45) is 0 Å². The Bertz CT molecular complexity index is 274. The minimum atomic E-state index is -0.211. The predicted octanol–water partition coefficient (Wildman–Crippen LogP) is 1.73. The van der Waals surface area contributed by atoms with Crippen LogP contribution in [0.25, 0.3) is 0 Å². The number of hydrogen-bond acceptors (Lipinski definition) is 2. The van der Waals surface area contributed by atoms with Gasteiger partial charge < -0.3 is 5.11 Å². The lowest BCUT2D eigenvalue weighted by molar-refractivity contribution is 0.130. The highest BCUT2D eigenvalue weighted by molar-refractivity contribution is 9.10. The molecule has 1 aromatic heterocycles. The van der Waals surface area contributed by atoms with Gasteiger partial charge in [0.2, 0.25) is 0 Å². The van der Waals surface area contributed by atoms with E-state index in [1.54, 1.807) is 6.20 Å². The van der Waals surface area contributed by atoms with Crippen LogP contribution in [0.2, 0.25) is 0 Å². The van der Waals surface area contributed by atoms with Crippen LogP contribution in [-0.4, -0.2) is 21.0 Å². The second-order valence-electron chi connectivity index (χ2n) is 3.20. The molecule has 0 aromatic carbocycles. The Morgan fingerprint density at radius 2 is 2.42 bits per heavy atom. The molecule has 2 unspecified atom stereocenters. The standard InChI is InChI=1S/C8H11BrN2O/c9-6-4-10-11(5-6)7-2-1-3-8(7)12/h4-5,7-8,12H,1-3H2. The summed E-state index contributed by atoms with van der Waals surface area (Å²) >= 11 is 3.33. The van der Waals surface area contributed by atoms with Gasteiger partial charge in [0.25, 0.3) is 0 Å². The zero-order chi connectivity index (χ0) is 8.55. The van der Waals surface area contributed by atoms with Gasteiger partial charge in [-0.1, -0.05) is 0 Å². The highest BCUT2D eigenvalue weighted by Crippen LogP contribution is 2.29. The zero-order valence-corrected chi connectivity index (χ0v) is 8.24. The van der Waals surface area contributed by atoms with Crippen LogP contribution in [0.5, 0.6) is 0 Å². The van der Waals surface area contributed by atoms with Crippen molar-refractivity contribution in [3.8, 4) is 0 Å². The Morgan fingerprint density at radius 3 is 2.92 bits per heavy atom. The van der Waals surface area contributed by atoms with Crippen LogP contribution in [-0.2, 0) is 0 Å². The fourth-order valence-corrected chi connectivity index (χ4v) is 2.03. The molecule has 0 radical (unpaired) electrons. The molecule has 1 heterocycles. The van der Waals surface area contributed by atoms with E-state index in [1.807, 2.05) is 10.9 Å². The van der Waals surface area contributed by atoms with Gasteiger partial charge in [-0.15, -0.1) is 0 Å². The van der Waals surface area contributed by atoms with Crippen LogP contribution in [0.1, 0.15) is 25.3 Å². The largest absolute Gasteiger partial charge is 0.391 e. The molecule has 1 aromatic rings. The molecule has 1 aliphatic carbocycles. The van der Waals surface area contributed by atoms with Crippen molar-refractivity contribution in [3.05, 3.63) is 16.9 Å². The quantitative estimate of drug-likeness (QED) is 0.799. The molecule has 1 N–H and O–H groups in total. The second kappa shape index (κ2) is 3.18. The van der Waals surface area contributed by atoms with Crippen molar-refractivity contribution in [2.75, 3.05) is 0 Å². The van der Waals surface area contributed by atoms with Crippen LogP contribution in [0.3, 0.4) is 0 Å². The van der Waals surface area contributed by atoms with Gasteiger partial charge in [-0.3, -0.25) is 4.68 Å². The molecular weight excluding hydrogens is 220 g/mol. The zero-order valence-electron chi connectivity index (χ0n) is 6.65. The summed E-state index contributed by atoms with van der Waals surface area (Å²) in [4.78, 5) is 0. The summed E-state index contributed by atoms with van der Waals surface area (Å²) in [5.74, 6) is 0. The fraction of sp³-hybridized carbons (Fsp3) is 0.625. The van der Waals surface area contributed by atoms with Crippen molar-refractivity contribution in [2.45, 2.75) is 31.4 Å². The maximum absolute atomic E-state index is 9.58. The molecular formula is C8H11BrN2O. The first kappa shape index (κ1) is 8.26. The maximum Gasteiger partial charge on any atom is 0.0778 e. The smallest absolute Gasteiger partial charge is 0.0778 e. The number of nitrogens with zero attached hydrogens (tertiary/aromatic N) is 2. The van der Waals surface area contributed by atoms with E-state index in [1.165, 1.54) is 0 Å². The first-order chi connectivity index (χ1) is 5.77. The lowest BCUT2D eigenvalue weighted by Crippen LogP contribution is -2.18. The fourth-order valence-electron chi connectivity index (χ4n) is 1.73. The first-order valence-electron chi connectivity index (χ1n) is 4.15. The molecule has 4 heteroatoms. The van der Waals surface area contributed by atoms with E-state index in [4.69, 9.17) is 0 Å². The third-order valence-corrected chi connectivity index (χ3v) is 2.76. The summed E-state index contributed by atoms with van der Waals surface area (Å²) in [5, 5.41) is 13.7. The average molecular weight is 231 g/mol.